The van der Waals surface area contributed by atoms with Crippen LogP contribution in [0.25, 0.3) is 65.2 Å². The molecule has 0 aliphatic heterocycles. The Bertz CT molecular complexity index is 3500. The van der Waals surface area contributed by atoms with Gasteiger partial charge in [-0.15, -0.1) is 0 Å². The van der Waals surface area contributed by atoms with Crippen LogP contribution in [0, 0.1) is 0 Å². The molecule has 0 bridgehead atoms. The Kier molecular flexibility index (Phi) is 6.78. The average molecular weight is 763 g/mol. The van der Waals surface area contributed by atoms with Crippen molar-refractivity contribution in [3.63, 3.8) is 0 Å². The zero-order valence-corrected chi connectivity index (χ0v) is 27.2. The molecule has 50 heavy (non-hydrogen) atoms. The number of benzene rings is 6. The van der Waals surface area contributed by atoms with E-state index in [-0.39, 0.29) is 43.6 Å². The van der Waals surface area contributed by atoms with Gasteiger partial charge in [-0.25, -0.2) is 0 Å². The van der Waals surface area contributed by atoms with Gasteiger partial charge in [0, 0.05) is 21.5 Å². The van der Waals surface area contributed by atoms with Crippen LogP contribution in [0.15, 0.2) is 87.3 Å². The largest absolute Gasteiger partial charge is 0.351 e. The van der Waals surface area contributed by atoms with Crippen molar-refractivity contribution in [3.8, 4) is 0 Å². The highest BCUT2D eigenvalue weighted by atomic mass is 32.2. The van der Waals surface area contributed by atoms with E-state index in [1.54, 1.807) is 12.1 Å². The highest BCUT2D eigenvalue weighted by molar-refractivity contribution is 7.91. The van der Waals surface area contributed by atoms with Crippen LogP contribution in [0.2, 0.25) is 0 Å². The van der Waals surface area contributed by atoms with Crippen LogP contribution in [0.1, 0.15) is 0 Å². The molecular formula is C28H14N2O16S4. The fourth-order valence-electron chi connectivity index (χ4n) is 6.27. The number of aromatic nitrogens is 2. The van der Waals surface area contributed by atoms with Crippen LogP contribution in [-0.2, 0) is 40.5 Å². The Morgan fingerprint density at radius 2 is 0.720 bits per heavy atom. The molecule has 0 atom stereocenters. The summed E-state index contributed by atoms with van der Waals surface area (Å²) in [7, 11) is -25.2. The zero-order chi connectivity index (χ0) is 36.6. The lowest BCUT2D eigenvalue weighted by atomic mass is 9.99. The minimum Gasteiger partial charge on any atom is -0.351 e. The van der Waals surface area contributed by atoms with Crippen LogP contribution < -0.4 is 21.7 Å². The molecular weight excluding hydrogens is 749 g/mol. The smallest absolute Gasteiger partial charge is 0.297 e. The van der Waals surface area contributed by atoms with Crippen molar-refractivity contribution in [1.29, 1.82) is 0 Å². The molecule has 6 N–H and O–H groups in total. The molecule has 18 nitrogen and oxygen atoms in total. The van der Waals surface area contributed by atoms with Gasteiger partial charge in [0.25, 0.3) is 40.5 Å². The van der Waals surface area contributed by atoms with E-state index in [9.17, 15) is 71.1 Å². The molecule has 0 saturated carbocycles. The molecule has 1 aromatic heterocycles. The first kappa shape index (κ1) is 33.3. The molecule has 0 fully saturated rings. The maximum atomic E-state index is 14.2. The minimum atomic E-state index is -6.37. The van der Waals surface area contributed by atoms with Crippen LogP contribution in [0.4, 0.5) is 0 Å². The van der Waals surface area contributed by atoms with Gasteiger partial charge in [-0.2, -0.15) is 33.7 Å². The summed E-state index contributed by atoms with van der Waals surface area (Å²) in [5.41, 5.74) is -5.01. The Hall–Kier alpha value is -5.20. The first-order chi connectivity index (χ1) is 23.0. The van der Waals surface area contributed by atoms with Crippen molar-refractivity contribution >= 4 is 106 Å². The van der Waals surface area contributed by atoms with Gasteiger partial charge < -0.3 is 9.97 Å². The van der Waals surface area contributed by atoms with E-state index in [1.165, 1.54) is 24.3 Å². The second-order valence-corrected chi connectivity index (χ2v) is 16.3. The van der Waals surface area contributed by atoms with Gasteiger partial charge >= 0.3 is 0 Å². The number of aromatic amines is 2. The van der Waals surface area contributed by atoms with Crippen molar-refractivity contribution < 1.29 is 51.9 Å². The fourth-order valence-corrected chi connectivity index (χ4v) is 11.2. The van der Waals surface area contributed by atoms with E-state index in [0.29, 0.717) is 0 Å². The molecule has 0 saturated heterocycles. The lowest BCUT2D eigenvalue weighted by Gasteiger charge is -2.17. The monoisotopic (exact) mass is 762 g/mol. The Balaban J connectivity index is 1.81. The number of H-pyrrole nitrogens is 2. The zero-order valence-electron chi connectivity index (χ0n) is 23.9. The lowest BCUT2D eigenvalue weighted by Crippen LogP contribution is -2.25. The molecule has 0 radical (unpaired) electrons. The third kappa shape index (κ3) is 4.58. The summed E-state index contributed by atoms with van der Waals surface area (Å²) in [6.45, 7) is 0. The quantitative estimate of drug-likeness (QED) is 0.0831. The molecule has 7 aromatic rings. The van der Waals surface area contributed by atoms with E-state index in [0.717, 1.165) is 12.1 Å². The maximum Gasteiger partial charge on any atom is 0.297 e. The SMILES string of the molecule is O=c1c2ccccc2c(=O)c2c1ccc1[nH]c3c(ccc4c(=O)c5c(S(=O)(=O)O)c(S(=O)(=O)O)c(S(=O)(=O)O)c(S(=O)(=O)O)c5c(=O)c43)[nH]c12. The molecule has 256 valence electrons. The van der Waals surface area contributed by atoms with Crippen molar-refractivity contribution in [1.82, 2.24) is 9.97 Å². The summed E-state index contributed by atoms with van der Waals surface area (Å²) in [6, 6.07) is 10.6. The predicted octanol–water partition coefficient (Wildman–Crippen LogP) is 1.13. The van der Waals surface area contributed by atoms with E-state index in [4.69, 9.17) is 0 Å². The molecule has 0 unspecified atom stereocenters. The average Bonchev–Trinajstić information content (AvgIpc) is 3.01. The molecule has 1 heterocycles. The molecule has 0 aliphatic carbocycles. The summed E-state index contributed by atoms with van der Waals surface area (Å²) in [5.74, 6) is 0. The summed E-state index contributed by atoms with van der Waals surface area (Å²) < 4.78 is 140. The molecule has 0 aliphatic rings. The molecule has 6 aromatic carbocycles. The summed E-state index contributed by atoms with van der Waals surface area (Å²) in [5, 5.41) is -5.05. The van der Waals surface area contributed by atoms with Crippen LogP contribution in [-0.4, -0.2) is 61.9 Å². The molecule has 7 rings (SSSR count). The van der Waals surface area contributed by atoms with Gasteiger partial charge in [-0.05, 0) is 24.3 Å². The number of rotatable bonds is 4. The summed E-state index contributed by atoms with van der Waals surface area (Å²) in [6.07, 6.45) is 0. The van der Waals surface area contributed by atoms with Crippen LogP contribution in [0.3, 0.4) is 0 Å². The van der Waals surface area contributed by atoms with E-state index < -0.39 is 103 Å². The number of hydrogen-bond acceptors (Lipinski definition) is 12. The first-order valence-electron chi connectivity index (χ1n) is 13.3. The highest BCUT2D eigenvalue weighted by Crippen LogP contribution is 2.40. The minimum absolute atomic E-state index is 0.00482. The topological polar surface area (TPSA) is 317 Å². The Morgan fingerprint density at radius 1 is 0.380 bits per heavy atom. The first-order valence-corrected chi connectivity index (χ1v) is 19.1. The van der Waals surface area contributed by atoms with Gasteiger partial charge in [-0.1, -0.05) is 24.3 Å². The fraction of sp³-hybridized carbons (Fsp3) is 0. The van der Waals surface area contributed by atoms with Crippen LogP contribution >= 0.6 is 0 Å². The van der Waals surface area contributed by atoms with Gasteiger partial charge in [-0.3, -0.25) is 37.4 Å². The van der Waals surface area contributed by atoms with Crippen molar-refractivity contribution in [2.75, 3.05) is 0 Å². The summed E-state index contributed by atoms with van der Waals surface area (Å²) in [4.78, 5) is 50.9. The van der Waals surface area contributed by atoms with E-state index in [1.807, 2.05) is 0 Å². The third-order valence-electron chi connectivity index (χ3n) is 8.10. The van der Waals surface area contributed by atoms with Crippen molar-refractivity contribution in [2.24, 2.45) is 0 Å². The Morgan fingerprint density at radius 3 is 1.14 bits per heavy atom. The van der Waals surface area contributed by atoms with Gasteiger partial charge in [0.15, 0.2) is 21.7 Å². The number of fused-ring (bicyclic) bond motifs is 8. The van der Waals surface area contributed by atoms with Gasteiger partial charge in [0.2, 0.25) is 0 Å². The second-order valence-electron chi connectivity index (χ2n) is 10.9. The maximum absolute atomic E-state index is 14.2. The van der Waals surface area contributed by atoms with E-state index in [2.05, 4.69) is 9.97 Å². The normalized spacial score (nSPS) is 13.4. The van der Waals surface area contributed by atoms with Gasteiger partial charge in [0.1, 0.15) is 19.6 Å². The Labute approximate surface area is 275 Å². The third-order valence-corrected chi connectivity index (χ3v) is 12.2. The van der Waals surface area contributed by atoms with Gasteiger partial charge in [0.05, 0.1) is 43.6 Å². The molecule has 22 heteroatoms. The van der Waals surface area contributed by atoms with Crippen LogP contribution in [0.5, 0.6) is 0 Å². The van der Waals surface area contributed by atoms with Crippen molar-refractivity contribution in [2.45, 2.75) is 19.6 Å². The van der Waals surface area contributed by atoms with E-state index >= 15 is 0 Å². The molecule has 0 amide bonds. The summed E-state index contributed by atoms with van der Waals surface area (Å²) >= 11 is 0. The molecule has 0 spiro atoms. The number of hydrogen-bond donors (Lipinski definition) is 6. The standard InChI is InChI=1S/C28H14N2O16S4/c31-21-9-3-1-2-4-10(9)22(32)15-11(21)5-7-13-19(15)29-14-8-6-12-16(20(14)30-13)24(34)18-17(23(12)33)25(47(35,36)37)27(49(41,42)43)28(50(44,45)46)26(18)48(38,39)40/h1-8,29-30H,(H,35,36,37)(H,38,39,40)(H,41,42,43)(H,44,45,46). The second kappa shape index (κ2) is 10.2. The lowest BCUT2D eigenvalue weighted by molar-refractivity contribution is 0.449. The van der Waals surface area contributed by atoms with Crippen molar-refractivity contribution in [3.05, 3.63) is 89.4 Å². The highest BCUT2D eigenvalue weighted by Gasteiger charge is 2.43. The predicted molar refractivity (Wildman–Crippen MR) is 176 cm³/mol. The number of nitrogens with one attached hydrogen (secondary N) is 2.